The molecule has 2 rings (SSSR count). The quantitative estimate of drug-likeness (QED) is 0.317. The number of rotatable bonds is 4. The van der Waals surface area contributed by atoms with E-state index in [0.29, 0.717) is 6.92 Å². The van der Waals surface area contributed by atoms with Crippen LogP contribution in [0, 0.1) is 46.5 Å². The molecule has 2 aromatic carbocycles. The molecule has 0 N–H and O–H groups in total. The molecule has 140 valence electrons. The maximum atomic E-state index is 13.9. The van der Waals surface area contributed by atoms with E-state index < -0.39 is 75.6 Å². The second-order valence-corrected chi connectivity index (χ2v) is 4.84. The lowest BCUT2D eigenvalue weighted by Crippen LogP contribution is -2.14. The molecule has 1 unspecified atom stereocenters. The SMILES string of the molecule is CC(=O)c1c(F)c(F)c(OC(F)c2cc(F)c(F)c(F)c2F)c(F)c1F. The van der Waals surface area contributed by atoms with Gasteiger partial charge in [-0.05, 0) is 13.0 Å². The van der Waals surface area contributed by atoms with E-state index in [9.17, 15) is 44.3 Å². The molecule has 0 fully saturated rings. The monoisotopic (exact) mass is 388 g/mol. The zero-order chi connectivity index (χ0) is 19.9. The molecule has 0 aliphatic carbocycles. The third kappa shape index (κ3) is 3.08. The first-order chi connectivity index (χ1) is 12.0. The van der Waals surface area contributed by atoms with Crippen LogP contribution >= 0.6 is 0 Å². The number of carbonyl (C=O) groups is 1. The van der Waals surface area contributed by atoms with Gasteiger partial charge in [0.05, 0.1) is 11.1 Å². The molecule has 2 aromatic rings. The standard InChI is InChI=1S/C15H5F9O2/c1-3(25)6-9(19)12(22)14(13(23)10(6)20)26-15(24)4-2-5(16)8(18)11(21)7(4)17/h2,15H,1H3. The number of carbonyl (C=O) groups excluding carboxylic acids is 1. The Morgan fingerprint density at radius 1 is 0.808 bits per heavy atom. The van der Waals surface area contributed by atoms with Crippen LogP contribution in [0.1, 0.15) is 29.2 Å². The molecule has 1 atom stereocenters. The van der Waals surface area contributed by atoms with Crippen LogP contribution in [0.5, 0.6) is 5.75 Å². The van der Waals surface area contributed by atoms with E-state index in [1.807, 2.05) is 0 Å². The Balaban J connectivity index is 2.55. The maximum absolute atomic E-state index is 13.9. The van der Waals surface area contributed by atoms with Gasteiger partial charge in [0.1, 0.15) is 0 Å². The van der Waals surface area contributed by atoms with Crippen LogP contribution < -0.4 is 4.74 Å². The van der Waals surface area contributed by atoms with Crippen molar-refractivity contribution in [3.05, 3.63) is 63.7 Å². The minimum Gasteiger partial charge on any atom is -0.450 e. The van der Waals surface area contributed by atoms with Crippen molar-refractivity contribution in [1.82, 2.24) is 0 Å². The van der Waals surface area contributed by atoms with Gasteiger partial charge in [0.15, 0.2) is 40.7 Å². The topological polar surface area (TPSA) is 26.3 Å². The Morgan fingerprint density at radius 3 is 1.77 bits per heavy atom. The minimum atomic E-state index is -3.38. The van der Waals surface area contributed by atoms with E-state index >= 15 is 0 Å². The van der Waals surface area contributed by atoms with Crippen molar-refractivity contribution >= 4 is 5.78 Å². The van der Waals surface area contributed by atoms with Gasteiger partial charge in [-0.1, -0.05) is 0 Å². The van der Waals surface area contributed by atoms with Gasteiger partial charge in [-0.3, -0.25) is 4.79 Å². The Labute approximate surface area is 138 Å². The van der Waals surface area contributed by atoms with Gasteiger partial charge in [-0.25, -0.2) is 26.3 Å². The van der Waals surface area contributed by atoms with Crippen molar-refractivity contribution in [1.29, 1.82) is 0 Å². The molecule has 2 nitrogen and oxygen atoms in total. The number of alkyl halides is 1. The van der Waals surface area contributed by atoms with Crippen molar-refractivity contribution in [2.45, 2.75) is 13.3 Å². The maximum Gasteiger partial charge on any atom is 0.267 e. The molecule has 0 radical (unpaired) electrons. The summed E-state index contributed by atoms with van der Waals surface area (Å²) in [5, 5.41) is 0. The molecule has 0 aromatic heterocycles. The molecule has 0 heterocycles. The molecule has 26 heavy (non-hydrogen) atoms. The van der Waals surface area contributed by atoms with Gasteiger partial charge in [-0.2, -0.15) is 13.2 Å². The Hall–Kier alpha value is -2.72. The number of hydrogen-bond donors (Lipinski definition) is 0. The number of ether oxygens (including phenoxy) is 1. The molecule has 0 bridgehead atoms. The highest BCUT2D eigenvalue weighted by molar-refractivity contribution is 5.94. The number of halogens is 9. The average molecular weight is 388 g/mol. The average Bonchev–Trinajstić information content (AvgIpc) is 2.57. The van der Waals surface area contributed by atoms with Gasteiger partial charge >= 0.3 is 0 Å². The van der Waals surface area contributed by atoms with Crippen molar-refractivity contribution in [3.8, 4) is 5.75 Å². The predicted molar refractivity (Wildman–Crippen MR) is 67.0 cm³/mol. The van der Waals surface area contributed by atoms with Gasteiger partial charge in [0, 0.05) is 0 Å². The second kappa shape index (κ2) is 6.89. The third-order valence-electron chi connectivity index (χ3n) is 3.17. The first-order valence-corrected chi connectivity index (χ1v) is 6.49. The molecule has 0 aliphatic rings. The number of Topliss-reactive ketones (excluding diaryl/α,β-unsaturated/α-hetero) is 1. The van der Waals surface area contributed by atoms with Crippen LogP contribution in [-0.4, -0.2) is 5.78 Å². The van der Waals surface area contributed by atoms with E-state index in [0.717, 1.165) is 0 Å². The molecule has 0 spiro atoms. The number of hydrogen-bond acceptors (Lipinski definition) is 2. The van der Waals surface area contributed by atoms with Crippen molar-refractivity contribution < 1.29 is 49.0 Å². The first kappa shape index (κ1) is 19.6. The summed E-state index contributed by atoms with van der Waals surface area (Å²) in [6.07, 6.45) is -3.38. The van der Waals surface area contributed by atoms with E-state index in [2.05, 4.69) is 4.74 Å². The van der Waals surface area contributed by atoms with Crippen molar-refractivity contribution in [2.24, 2.45) is 0 Å². The normalized spacial score (nSPS) is 12.2. The van der Waals surface area contributed by atoms with Crippen LogP contribution in [0.15, 0.2) is 6.07 Å². The minimum absolute atomic E-state index is 0.217. The van der Waals surface area contributed by atoms with Crippen molar-refractivity contribution in [2.75, 3.05) is 0 Å². The largest absolute Gasteiger partial charge is 0.450 e. The van der Waals surface area contributed by atoms with E-state index in [4.69, 9.17) is 0 Å². The molecule has 0 saturated carbocycles. The summed E-state index contributed by atoms with van der Waals surface area (Å²) in [5.74, 6) is -21.7. The zero-order valence-electron chi connectivity index (χ0n) is 12.4. The Kier molecular flexibility index (Phi) is 5.19. The van der Waals surface area contributed by atoms with Crippen molar-refractivity contribution in [3.63, 3.8) is 0 Å². The van der Waals surface area contributed by atoms with Crippen LogP contribution in [0.2, 0.25) is 0 Å². The summed E-state index contributed by atoms with van der Waals surface area (Å²) >= 11 is 0. The van der Waals surface area contributed by atoms with Gasteiger partial charge in [0.25, 0.3) is 6.36 Å². The molecular formula is C15H5F9O2. The highest BCUT2D eigenvalue weighted by atomic mass is 19.2. The summed E-state index contributed by atoms with van der Waals surface area (Å²) in [6.45, 7) is 0.582. The zero-order valence-corrected chi connectivity index (χ0v) is 12.4. The highest BCUT2D eigenvalue weighted by Crippen LogP contribution is 2.35. The fourth-order valence-corrected chi connectivity index (χ4v) is 1.95. The predicted octanol–water partition coefficient (Wildman–Crippen LogP) is 5.05. The lowest BCUT2D eigenvalue weighted by Gasteiger charge is -2.16. The van der Waals surface area contributed by atoms with E-state index in [1.165, 1.54) is 0 Å². The van der Waals surface area contributed by atoms with Crippen LogP contribution in [0.25, 0.3) is 0 Å². The van der Waals surface area contributed by atoms with Crippen LogP contribution in [0.3, 0.4) is 0 Å². The van der Waals surface area contributed by atoms with E-state index in [1.54, 1.807) is 0 Å². The third-order valence-corrected chi connectivity index (χ3v) is 3.17. The summed E-state index contributed by atoms with van der Waals surface area (Å²) in [7, 11) is 0. The smallest absolute Gasteiger partial charge is 0.267 e. The Morgan fingerprint density at radius 2 is 1.31 bits per heavy atom. The Bertz CT molecular complexity index is 882. The lowest BCUT2D eigenvalue weighted by atomic mass is 10.1. The fraction of sp³-hybridized carbons (Fsp3) is 0.133. The molecule has 0 aliphatic heterocycles. The summed E-state index contributed by atoms with van der Waals surface area (Å²) in [6, 6.07) is -0.217. The highest BCUT2D eigenvalue weighted by Gasteiger charge is 2.32. The molecule has 0 amide bonds. The molecule has 0 saturated heterocycles. The number of benzene rings is 2. The molecular weight excluding hydrogens is 383 g/mol. The van der Waals surface area contributed by atoms with Gasteiger partial charge < -0.3 is 4.74 Å². The summed E-state index contributed by atoms with van der Waals surface area (Å²) in [5.41, 5.74) is -3.29. The summed E-state index contributed by atoms with van der Waals surface area (Å²) in [4.78, 5) is 11.0. The van der Waals surface area contributed by atoms with E-state index in [-0.39, 0.29) is 6.07 Å². The summed E-state index contributed by atoms with van der Waals surface area (Å²) < 4.78 is 125. The van der Waals surface area contributed by atoms with Gasteiger partial charge in [0.2, 0.25) is 17.4 Å². The number of ketones is 1. The van der Waals surface area contributed by atoms with Gasteiger partial charge in [-0.15, -0.1) is 0 Å². The van der Waals surface area contributed by atoms with Crippen LogP contribution in [0.4, 0.5) is 39.5 Å². The fourth-order valence-electron chi connectivity index (χ4n) is 1.95. The lowest BCUT2D eigenvalue weighted by molar-refractivity contribution is 0.0518. The van der Waals surface area contributed by atoms with Crippen LogP contribution in [-0.2, 0) is 0 Å². The second-order valence-electron chi connectivity index (χ2n) is 4.84. The first-order valence-electron chi connectivity index (χ1n) is 6.49. The molecule has 11 heteroatoms.